The fourth-order valence-electron chi connectivity index (χ4n) is 2.72. The number of hydrogen-bond acceptors (Lipinski definition) is 1. The first-order chi connectivity index (χ1) is 8.76. The van der Waals surface area contributed by atoms with Crippen molar-refractivity contribution in [3.8, 4) is 0 Å². The van der Waals surface area contributed by atoms with Crippen LogP contribution in [0, 0.1) is 5.92 Å². The first-order valence-electron chi connectivity index (χ1n) is 8.49. The van der Waals surface area contributed by atoms with Gasteiger partial charge in [0, 0.05) is 6.04 Å². The summed E-state index contributed by atoms with van der Waals surface area (Å²) in [6.45, 7) is 10.5. The van der Waals surface area contributed by atoms with E-state index in [1.165, 1.54) is 70.8 Å². The second-order valence-electron chi connectivity index (χ2n) is 5.88. The molecule has 0 amide bonds. The van der Waals surface area contributed by atoms with E-state index in [2.05, 4.69) is 33.0 Å². The zero-order valence-corrected chi connectivity index (χ0v) is 13.4. The number of nitrogens with one attached hydrogen (secondary N) is 1. The van der Waals surface area contributed by atoms with E-state index in [1.807, 2.05) is 0 Å². The Labute approximate surface area is 116 Å². The summed E-state index contributed by atoms with van der Waals surface area (Å²) in [4.78, 5) is 0. The Hall–Kier alpha value is -0.0400. The molecule has 18 heavy (non-hydrogen) atoms. The first-order valence-corrected chi connectivity index (χ1v) is 8.49. The van der Waals surface area contributed by atoms with E-state index < -0.39 is 0 Å². The van der Waals surface area contributed by atoms with Crippen LogP contribution < -0.4 is 5.32 Å². The Morgan fingerprint density at radius 1 is 0.722 bits per heavy atom. The minimum absolute atomic E-state index is 0.760. The van der Waals surface area contributed by atoms with Gasteiger partial charge in [-0.1, -0.05) is 72.6 Å². The van der Waals surface area contributed by atoms with Crippen molar-refractivity contribution in [2.75, 3.05) is 6.54 Å². The molecule has 0 aromatic heterocycles. The minimum atomic E-state index is 0.760. The average molecular weight is 255 g/mol. The largest absolute Gasteiger partial charge is 0.314 e. The van der Waals surface area contributed by atoms with E-state index in [0.717, 1.165) is 12.0 Å². The Kier molecular flexibility index (Phi) is 13.4. The van der Waals surface area contributed by atoms with Crippen LogP contribution in [0.15, 0.2) is 0 Å². The lowest BCUT2D eigenvalue weighted by atomic mass is 9.92. The molecule has 1 N–H and O–H groups in total. The maximum Gasteiger partial charge on any atom is 0.00926 e. The minimum Gasteiger partial charge on any atom is -0.314 e. The molecule has 0 radical (unpaired) electrons. The van der Waals surface area contributed by atoms with E-state index in [-0.39, 0.29) is 0 Å². The Morgan fingerprint density at radius 3 is 2.00 bits per heavy atom. The third-order valence-corrected chi connectivity index (χ3v) is 3.96. The smallest absolute Gasteiger partial charge is 0.00926 e. The summed E-state index contributed by atoms with van der Waals surface area (Å²) >= 11 is 0. The van der Waals surface area contributed by atoms with Gasteiger partial charge in [0.05, 0.1) is 0 Å². The predicted molar refractivity (Wildman–Crippen MR) is 84.1 cm³/mol. The molecule has 0 aliphatic carbocycles. The van der Waals surface area contributed by atoms with Crippen LogP contribution in [-0.2, 0) is 0 Å². The van der Waals surface area contributed by atoms with Gasteiger partial charge in [-0.25, -0.2) is 0 Å². The topological polar surface area (TPSA) is 12.0 Å². The molecule has 0 aliphatic rings. The summed E-state index contributed by atoms with van der Waals surface area (Å²) in [5, 5.41) is 3.76. The van der Waals surface area contributed by atoms with Crippen molar-refractivity contribution in [3.05, 3.63) is 0 Å². The molecule has 0 fully saturated rings. The quantitative estimate of drug-likeness (QED) is 0.426. The molecule has 1 heteroatoms. The van der Waals surface area contributed by atoms with Gasteiger partial charge in [0.2, 0.25) is 0 Å². The van der Waals surface area contributed by atoms with Crippen LogP contribution in [0.4, 0.5) is 0 Å². The summed E-state index contributed by atoms with van der Waals surface area (Å²) in [6, 6.07) is 0.760. The van der Waals surface area contributed by atoms with Crippen molar-refractivity contribution in [3.63, 3.8) is 0 Å². The van der Waals surface area contributed by atoms with Crippen LogP contribution in [0.3, 0.4) is 0 Å². The number of rotatable bonds is 13. The van der Waals surface area contributed by atoms with Crippen molar-refractivity contribution >= 4 is 0 Å². The fourth-order valence-corrected chi connectivity index (χ4v) is 2.72. The Bertz CT molecular complexity index is 156. The summed E-state index contributed by atoms with van der Waals surface area (Å²) in [7, 11) is 0. The summed E-state index contributed by atoms with van der Waals surface area (Å²) in [5.74, 6) is 0.845. The third-order valence-electron chi connectivity index (χ3n) is 3.96. The molecule has 2 atom stereocenters. The highest BCUT2D eigenvalue weighted by atomic mass is 14.9. The van der Waals surface area contributed by atoms with Gasteiger partial charge in [0.15, 0.2) is 0 Å². The van der Waals surface area contributed by atoms with Crippen molar-refractivity contribution in [2.24, 2.45) is 5.92 Å². The fraction of sp³-hybridized carbons (Fsp3) is 1.00. The van der Waals surface area contributed by atoms with Gasteiger partial charge in [-0.05, 0) is 31.7 Å². The van der Waals surface area contributed by atoms with Gasteiger partial charge < -0.3 is 5.32 Å². The van der Waals surface area contributed by atoms with Gasteiger partial charge in [0.1, 0.15) is 0 Å². The number of hydrogen-bond donors (Lipinski definition) is 1. The number of unbranched alkanes of at least 4 members (excludes halogenated alkanes) is 5. The van der Waals surface area contributed by atoms with Gasteiger partial charge in [-0.2, -0.15) is 0 Å². The van der Waals surface area contributed by atoms with Crippen LogP contribution >= 0.6 is 0 Å². The highest BCUT2D eigenvalue weighted by Gasteiger charge is 2.14. The Balaban J connectivity index is 3.71. The van der Waals surface area contributed by atoms with Crippen molar-refractivity contribution in [2.45, 2.75) is 97.9 Å². The maximum absolute atomic E-state index is 3.76. The molecule has 0 heterocycles. The lowest BCUT2D eigenvalue weighted by Crippen LogP contribution is -2.35. The zero-order valence-electron chi connectivity index (χ0n) is 13.4. The van der Waals surface area contributed by atoms with Crippen LogP contribution in [0.25, 0.3) is 0 Å². The van der Waals surface area contributed by atoms with E-state index in [4.69, 9.17) is 0 Å². The van der Waals surface area contributed by atoms with Crippen LogP contribution in [-0.4, -0.2) is 12.6 Å². The Morgan fingerprint density at radius 2 is 1.39 bits per heavy atom. The van der Waals surface area contributed by atoms with Crippen LogP contribution in [0.1, 0.15) is 91.9 Å². The molecule has 2 unspecified atom stereocenters. The molecular formula is C17H37N. The monoisotopic (exact) mass is 255 g/mol. The lowest BCUT2D eigenvalue weighted by Gasteiger charge is -2.25. The second-order valence-corrected chi connectivity index (χ2v) is 5.88. The molecule has 0 aliphatic heterocycles. The molecule has 0 saturated carbocycles. The molecular weight excluding hydrogens is 218 g/mol. The predicted octanol–water partition coefficient (Wildman–Crippen LogP) is 5.54. The summed E-state index contributed by atoms with van der Waals surface area (Å²) in [5.41, 5.74) is 0. The molecule has 0 saturated heterocycles. The van der Waals surface area contributed by atoms with Gasteiger partial charge in [-0.15, -0.1) is 0 Å². The SMILES string of the molecule is CCCCCCCCC(NCCC)C(C)CCC. The first kappa shape index (κ1) is 18.0. The van der Waals surface area contributed by atoms with Crippen molar-refractivity contribution < 1.29 is 0 Å². The summed E-state index contributed by atoms with van der Waals surface area (Å²) in [6.07, 6.45) is 13.8. The van der Waals surface area contributed by atoms with E-state index >= 15 is 0 Å². The van der Waals surface area contributed by atoms with Gasteiger partial charge in [-0.3, -0.25) is 0 Å². The summed E-state index contributed by atoms with van der Waals surface area (Å²) < 4.78 is 0. The van der Waals surface area contributed by atoms with Crippen molar-refractivity contribution in [1.29, 1.82) is 0 Å². The second kappa shape index (κ2) is 13.4. The van der Waals surface area contributed by atoms with Gasteiger partial charge >= 0.3 is 0 Å². The molecule has 0 spiro atoms. The van der Waals surface area contributed by atoms with E-state index in [0.29, 0.717) is 0 Å². The molecule has 0 bridgehead atoms. The lowest BCUT2D eigenvalue weighted by molar-refractivity contribution is 0.327. The third kappa shape index (κ3) is 9.94. The normalized spacial score (nSPS) is 14.7. The average Bonchev–Trinajstić information content (AvgIpc) is 2.37. The van der Waals surface area contributed by atoms with Crippen LogP contribution in [0.2, 0.25) is 0 Å². The molecule has 0 rings (SSSR count). The molecule has 110 valence electrons. The van der Waals surface area contributed by atoms with Crippen LogP contribution in [0.5, 0.6) is 0 Å². The zero-order chi connectivity index (χ0) is 13.6. The highest BCUT2D eigenvalue weighted by molar-refractivity contribution is 4.73. The van der Waals surface area contributed by atoms with Crippen molar-refractivity contribution in [1.82, 2.24) is 5.32 Å². The molecule has 0 aromatic carbocycles. The highest BCUT2D eigenvalue weighted by Crippen LogP contribution is 2.17. The van der Waals surface area contributed by atoms with E-state index in [9.17, 15) is 0 Å². The maximum atomic E-state index is 3.76. The molecule has 0 aromatic rings. The molecule has 1 nitrogen and oxygen atoms in total. The van der Waals surface area contributed by atoms with E-state index in [1.54, 1.807) is 0 Å². The van der Waals surface area contributed by atoms with Gasteiger partial charge in [0.25, 0.3) is 0 Å². The standard InChI is InChI=1S/C17H37N/c1-5-8-9-10-11-12-14-17(18-15-7-3)16(4)13-6-2/h16-18H,5-15H2,1-4H3.